The summed E-state index contributed by atoms with van der Waals surface area (Å²) in [5.41, 5.74) is 1.89. The zero-order valence-electron chi connectivity index (χ0n) is 14.9. The van der Waals surface area contributed by atoms with Gasteiger partial charge in [-0.15, -0.1) is 0 Å². The van der Waals surface area contributed by atoms with Gasteiger partial charge in [-0.3, -0.25) is 4.79 Å². The van der Waals surface area contributed by atoms with Crippen molar-refractivity contribution in [3.05, 3.63) is 102 Å². The Kier molecular flexibility index (Phi) is 4.80. The molecule has 0 spiro atoms. The summed E-state index contributed by atoms with van der Waals surface area (Å²) >= 11 is 5.70. The molecule has 3 aromatic rings. The van der Waals surface area contributed by atoms with Crippen molar-refractivity contribution in [3.63, 3.8) is 0 Å². The molecule has 1 aliphatic rings. The van der Waals surface area contributed by atoms with Crippen molar-refractivity contribution in [1.82, 2.24) is 0 Å². The minimum atomic E-state index is -1.20. The summed E-state index contributed by atoms with van der Waals surface area (Å²) in [4.78, 5) is 11.8. The standard InChI is InChI=1S/C23H17ClO4/c1-2-13-26-19-14-16(22(24)25)15-20-21(19)28-23(27-20,17-9-5-3-6-10-17)18-11-7-4-8-12-18/h2-12,14-15H,1,13H2. The third-order valence-corrected chi connectivity index (χ3v) is 4.63. The van der Waals surface area contributed by atoms with E-state index in [1.165, 1.54) is 0 Å². The molecule has 0 saturated heterocycles. The summed E-state index contributed by atoms with van der Waals surface area (Å²) in [5, 5.41) is -0.605. The van der Waals surface area contributed by atoms with Crippen molar-refractivity contribution in [3.8, 4) is 17.2 Å². The summed E-state index contributed by atoms with van der Waals surface area (Å²) < 4.78 is 18.5. The lowest BCUT2D eigenvalue weighted by Crippen LogP contribution is -2.36. The van der Waals surface area contributed by atoms with Crippen LogP contribution in [0.15, 0.2) is 85.5 Å². The fraction of sp³-hybridized carbons (Fsp3) is 0.0870. The predicted molar refractivity (Wildman–Crippen MR) is 107 cm³/mol. The molecule has 0 aliphatic carbocycles. The summed E-state index contributed by atoms with van der Waals surface area (Å²) in [6.07, 6.45) is 1.61. The monoisotopic (exact) mass is 392 g/mol. The summed E-state index contributed by atoms with van der Waals surface area (Å²) in [7, 11) is 0. The summed E-state index contributed by atoms with van der Waals surface area (Å²) in [6.45, 7) is 3.91. The Balaban J connectivity index is 1.89. The molecule has 0 radical (unpaired) electrons. The van der Waals surface area contributed by atoms with Crippen molar-refractivity contribution < 1.29 is 19.0 Å². The molecule has 0 fully saturated rings. The Morgan fingerprint density at radius 2 is 1.61 bits per heavy atom. The molecule has 0 amide bonds. The lowest BCUT2D eigenvalue weighted by atomic mass is 9.97. The van der Waals surface area contributed by atoms with Crippen LogP contribution in [-0.2, 0) is 5.79 Å². The van der Waals surface area contributed by atoms with E-state index in [-0.39, 0.29) is 12.2 Å². The first-order valence-electron chi connectivity index (χ1n) is 8.74. The van der Waals surface area contributed by atoms with Gasteiger partial charge in [0.25, 0.3) is 5.24 Å². The van der Waals surface area contributed by atoms with Crippen molar-refractivity contribution >= 4 is 16.8 Å². The molecule has 140 valence electrons. The van der Waals surface area contributed by atoms with Crippen LogP contribution in [0, 0.1) is 0 Å². The van der Waals surface area contributed by atoms with Gasteiger partial charge in [-0.2, -0.15) is 0 Å². The van der Waals surface area contributed by atoms with Gasteiger partial charge < -0.3 is 14.2 Å². The van der Waals surface area contributed by atoms with E-state index in [1.54, 1.807) is 18.2 Å². The first-order valence-corrected chi connectivity index (χ1v) is 9.12. The van der Waals surface area contributed by atoms with E-state index in [1.807, 2.05) is 60.7 Å². The number of halogens is 1. The number of fused-ring (bicyclic) bond motifs is 1. The molecule has 3 aromatic carbocycles. The van der Waals surface area contributed by atoms with Crippen LogP contribution in [-0.4, -0.2) is 11.8 Å². The maximum atomic E-state index is 11.8. The highest BCUT2D eigenvalue weighted by atomic mass is 35.5. The van der Waals surface area contributed by atoms with E-state index in [4.69, 9.17) is 25.8 Å². The van der Waals surface area contributed by atoms with E-state index < -0.39 is 11.0 Å². The maximum absolute atomic E-state index is 11.8. The van der Waals surface area contributed by atoms with Crippen molar-refractivity contribution in [2.24, 2.45) is 0 Å². The average Bonchev–Trinajstić information content (AvgIpc) is 3.14. The van der Waals surface area contributed by atoms with Gasteiger partial charge in [0, 0.05) is 16.7 Å². The fourth-order valence-electron chi connectivity index (χ4n) is 3.16. The van der Waals surface area contributed by atoms with Gasteiger partial charge in [0.05, 0.1) is 0 Å². The van der Waals surface area contributed by atoms with Crippen LogP contribution in [0.25, 0.3) is 0 Å². The van der Waals surface area contributed by atoms with Crippen LogP contribution in [0.2, 0.25) is 0 Å². The van der Waals surface area contributed by atoms with Crippen LogP contribution < -0.4 is 14.2 Å². The van der Waals surface area contributed by atoms with Crippen LogP contribution in [0.3, 0.4) is 0 Å². The van der Waals surface area contributed by atoms with E-state index in [2.05, 4.69) is 6.58 Å². The molecule has 5 heteroatoms. The van der Waals surface area contributed by atoms with E-state index in [9.17, 15) is 4.79 Å². The Hall–Kier alpha value is -3.24. The largest absolute Gasteiger partial charge is 0.485 e. The first kappa shape index (κ1) is 18.1. The molecule has 0 aromatic heterocycles. The summed E-state index contributed by atoms with van der Waals surface area (Å²) in [5.74, 6) is -0.0323. The van der Waals surface area contributed by atoms with Crippen molar-refractivity contribution in [1.29, 1.82) is 0 Å². The number of carbonyl (C=O) groups is 1. The fourth-order valence-corrected chi connectivity index (χ4v) is 3.27. The Labute approximate surface area is 167 Å². The second kappa shape index (κ2) is 7.41. The second-order valence-corrected chi connectivity index (χ2v) is 6.57. The molecule has 1 aliphatic heterocycles. The van der Waals surface area contributed by atoms with E-state index in [0.717, 1.165) is 11.1 Å². The highest BCUT2D eigenvalue weighted by Crippen LogP contribution is 2.52. The third kappa shape index (κ3) is 3.12. The van der Waals surface area contributed by atoms with Gasteiger partial charge >= 0.3 is 5.79 Å². The Morgan fingerprint density at radius 3 is 2.14 bits per heavy atom. The van der Waals surface area contributed by atoms with Gasteiger partial charge in [-0.25, -0.2) is 0 Å². The molecule has 4 rings (SSSR count). The molecular formula is C23H17ClO4. The van der Waals surface area contributed by atoms with Gasteiger partial charge in [-0.05, 0) is 23.7 Å². The van der Waals surface area contributed by atoms with Crippen LogP contribution in [0.4, 0.5) is 0 Å². The highest BCUT2D eigenvalue weighted by molar-refractivity contribution is 6.67. The molecule has 4 nitrogen and oxygen atoms in total. The maximum Gasteiger partial charge on any atom is 0.305 e. The van der Waals surface area contributed by atoms with Gasteiger partial charge in [0.2, 0.25) is 5.75 Å². The lowest BCUT2D eigenvalue weighted by molar-refractivity contribution is -0.0468. The number of carbonyl (C=O) groups excluding carboxylic acids is 1. The van der Waals surface area contributed by atoms with Gasteiger partial charge in [0.1, 0.15) is 6.61 Å². The van der Waals surface area contributed by atoms with Crippen LogP contribution in [0.1, 0.15) is 21.5 Å². The SMILES string of the molecule is C=CCOc1cc(C(=O)Cl)cc2c1OC(c1ccccc1)(c1ccccc1)O2. The van der Waals surface area contributed by atoms with Gasteiger partial charge in [-0.1, -0.05) is 73.3 Å². The molecular weight excluding hydrogens is 376 g/mol. The smallest absolute Gasteiger partial charge is 0.305 e. The molecule has 28 heavy (non-hydrogen) atoms. The Bertz CT molecular complexity index is 976. The molecule has 0 N–H and O–H groups in total. The number of ether oxygens (including phenoxy) is 3. The first-order chi connectivity index (χ1) is 13.6. The minimum Gasteiger partial charge on any atom is -0.485 e. The zero-order valence-corrected chi connectivity index (χ0v) is 15.7. The topological polar surface area (TPSA) is 44.8 Å². The molecule has 0 bridgehead atoms. The predicted octanol–water partition coefficient (Wildman–Crippen LogP) is 5.30. The normalized spacial score (nSPS) is 13.8. The second-order valence-electron chi connectivity index (χ2n) is 6.23. The molecule has 0 unspecified atom stereocenters. The number of rotatable bonds is 6. The molecule has 0 saturated carbocycles. The highest BCUT2D eigenvalue weighted by Gasteiger charge is 2.47. The quantitative estimate of drug-likeness (QED) is 0.421. The number of benzene rings is 3. The molecule has 0 atom stereocenters. The van der Waals surface area contributed by atoms with Crippen LogP contribution >= 0.6 is 11.6 Å². The number of hydrogen-bond donors (Lipinski definition) is 0. The van der Waals surface area contributed by atoms with E-state index in [0.29, 0.717) is 17.2 Å². The van der Waals surface area contributed by atoms with Crippen molar-refractivity contribution in [2.75, 3.05) is 6.61 Å². The minimum absolute atomic E-state index is 0.249. The Morgan fingerprint density at radius 1 is 1.00 bits per heavy atom. The summed E-state index contributed by atoms with van der Waals surface area (Å²) in [6, 6.07) is 22.3. The lowest BCUT2D eigenvalue weighted by Gasteiger charge is -2.28. The van der Waals surface area contributed by atoms with E-state index >= 15 is 0 Å². The van der Waals surface area contributed by atoms with Crippen molar-refractivity contribution in [2.45, 2.75) is 5.79 Å². The average molecular weight is 393 g/mol. The zero-order chi connectivity index (χ0) is 19.6. The third-order valence-electron chi connectivity index (χ3n) is 4.41. The van der Waals surface area contributed by atoms with Crippen LogP contribution in [0.5, 0.6) is 17.2 Å². The van der Waals surface area contributed by atoms with Gasteiger partial charge in [0.15, 0.2) is 11.5 Å². The number of hydrogen-bond acceptors (Lipinski definition) is 4. The molecule has 1 heterocycles.